The molecule has 1 atom stereocenters. The number of β-amino-alcohol motifs (C(OH)–C–C–N with tert-alkyl or cyclic N) is 1. The molecule has 11 heteroatoms. The zero-order valence-corrected chi connectivity index (χ0v) is 23.3. The van der Waals surface area contributed by atoms with E-state index in [-0.39, 0.29) is 36.4 Å². The monoisotopic (exact) mass is 577 g/mol. The Bertz CT molecular complexity index is 1550. The molecule has 1 fully saturated rings. The van der Waals surface area contributed by atoms with Gasteiger partial charge in [0.25, 0.3) is 11.8 Å². The quantitative estimate of drug-likeness (QED) is 0.306. The van der Waals surface area contributed by atoms with E-state index < -0.39 is 11.9 Å². The summed E-state index contributed by atoms with van der Waals surface area (Å²) in [4.78, 5) is 33.5. The van der Waals surface area contributed by atoms with Crippen LogP contribution in [0.3, 0.4) is 0 Å². The van der Waals surface area contributed by atoms with Crippen LogP contribution < -0.4 is 10.6 Å². The van der Waals surface area contributed by atoms with Gasteiger partial charge in [0.2, 0.25) is 0 Å². The molecule has 42 heavy (non-hydrogen) atoms. The summed E-state index contributed by atoms with van der Waals surface area (Å²) in [5.41, 5.74) is 4.84. The lowest BCUT2D eigenvalue weighted by Gasteiger charge is -2.32. The number of hydrogen-bond acceptors (Lipinski definition) is 6. The molecule has 1 saturated heterocycles. The van der Waals surface area contributed by atoms with E-state index in [2.05, 4.69) is 20.5 Å². The normalized spacial score (nSPS) is 18.7. The summed E-state index contributed by atoms with van der Waals surface area (Å²) < 4.78 is 33.6. The van der Waals surface area contributed by atoms with Crippen molar-refractivity contribution in [2.75, 3.05) is 56.6 Å². The highest BCUT2D eigenvalue weighted by Gasteiger charge is 2.32. The van der Waals surface area contributed by atoms with Crippen LogP contribution in [0.5, 0.6) is 0 Å². The van der Waals surface area contributed by atoms with E-state index in [1.165, 1.54) is 18.2 Å². The third-order valence-electron chi connectivity index (χ3n) is 8.08. The third kappa shape index (κ3) is 5.67. The molecule has 9 nitrogen and oxygen atoms in total. The van der Waals surface area contributed by atoms with Gasteiger partial charge in [-0.1, -0.05) is 12.1 Å². The lowest BCUT2D eigenvalue weighted by atomic mass is 10.0. The zero-order valence-electron chi connectivity index (χ0n) is 23.3. The van der Waals surface area contributed by atoms with Gasteiger partial charge in [-0.25, -0.2) is 8.78 Å². The van der Waals surface area contributed by atoms with E-state index in [0.717, 1.165) is 24.3 Å². The Labute approximate surface area is 242 Å². The predicted octanol–water partition coefficient (Wildman–Crippen LogP) is 3.40. The highest BCUT2D eigenvalue weighted by atomic mass is 19.1. The summed E-state index contributed by atoms with van der Waals surface area (Å²) in [6.45, 7) is 6.12. The van der Waals surface area contributed by atoms with Crippen LogP contribution in [0.4, 0.5) is 20.2 Å². The number of aromatic amines is 1. The molecule has 3 aromatic rings. The number of morpholine rings is 1. The molecule has 4 heterocycles. The van der Waals surface area contributed by atoms with Crippen molar-refractivity contribution in [3.8, 4) is 0 Å². The SMILES string of the molecule is Cc1c(/C=C2\C(=O)Nc3cc(NCc4ccc(F)cc4)c(F)cc32)[nH]c2c1C(=O)N(C[C@@H](O)CN1CCOCC1)CC2. The number of hydrogen-bond donors (Lipinski definition) is 4. The van der Waals surface area contributed by atoms with Crippen LogP contribution in [0.1, 0.15) is 38.4 Å². The smallest absolute Gasteiger partial charge is 0.256 e. The lowest BCUT2D eigenvalue weighted by Crippen LogP contribution is -2.47. The van der Waals surface area contributed by atoms with E-state index in [1.807, 2.05) is 6.92 Å². The van der Waals surface area contributed by atoms with Gasteiger partial charge in [0, 0.05) is 62.6 Å². The number of nitrogens with zero attached hydrogens (tertiary/aromatic N) is 2. The number of carbonyl (C=O) groups is 2. The molecule has 6 rings (SSSR count). The Kier molecular flexibility index (Phi) is 7.80. The summed E-state index contributed by atoms with van der Waals surface area (Å²) in [5, 5.41) is 16.5. The number of benzene rings is 2. The predicted molar refractivity (Wildman–Crippen MR) is 155 cm³/mol. The molecule has 2 aromatic carbocycles. The average molecular weight is 578 g/mol. The number of fused-ring (bicyclic) bond motifs is 2. The van der Waals surface area contributed by atoms with Gasteiger partial charge in [0.15, 0.2) is 0 Å². The molecule has 3 aliphatic heterocycles. The number of anilines is 2. The lowest BCUT2D eigenvalue weighted by molar-refractivity contribution is -0.110. The first-order valence-corrected chi connectivity index (χ1v) is 14.1. The fourth-order valence-corrected chi connectivity index (χ4v) is 5.81. The molecular formula is C31H33F2N5O4. The minimum absolute atomic E-state index is 0.158. The molecule has 0 radical (unpaired) electrons. The highest BCUT2D eigenvalue weighted by molar-refractivity contribution is 6.35. The number of halogens is 2. The van der Waals surface area contributed by atoms with Gasteiger partial charge >= 0.3 is 0 Å². The van der Waals surface area contributed by atoms with Crippen LogP contribution in [0.25, 0.3) is 11.6 Å². The molecule has 4 N–H and O–H groups in total. The van der Waals surface area contributed by atoms with Gasteiger partial charge in [0.1, 0.15) is 11.6 Å². The molecule has 0 aliphatic carbocycles. The number of nitrogens with one attached hydrogen (secondary N) is 3. The molecule has 0 spiro atoms. The molecule has 1 aromatic heterocycles. The Morgan fingerprint density at radius 1 is 1.10 bits per heavy atom. The number of aromatic nitrogens is 1. The van der Waals surface area contributed by atoms with Crippen LogP contribution >= 0.6 is 0 Å². The van der Waals surface area contributed by atoms with Gasteiger partial charge in [0.05, 0.1) is 41.8 Å². The number of amides is 2. The highest BCUT2D eigenvalue weighted by Crippen LogP contribution is 2.37. The van der Waals surface area contributed by atoms with Crippen molar-refractivity contribution in [3.63, 3.8) is 0 Å². The van der Waals surface area contributed by atoms with Crippen LogP contribution in [-0.2, 0) is 22.5 Å². The molecule has 0 bridgehead atoms. The second-order valence-corrected chi connectivity index (χ2v) is 11.0. The van der Waals surface area contributed by atoms with Gasteiger partial charge in [-0.2, -0.15) is 0 Å². The van der Waals surface area contributed by atoms with Crippen molar-refractivity contribution >= 4 is 34.8 Å². The van der Waals surface area contributed by atoms with Crippen LogP contribution in [-0.4, -0.2) is 83.7 Å². The summed E-state index contributed by atoms with van der Waals surface area (Å²) in [5.74, 6) is -1.40. The summed E-state index contributed by atoms with van der Waals surface area (Å²) in [6, 6.07) is 8.78. The minimum atomic E-state index is -0.668. The number of carbonyl (C=O) groups excluding carboxylic acids is 2. The first-order chi connectivity index (χ1) is 20.3. The van der Waals surface area contributed by atoms with Crippen molar-refractivity contribution < 1.29 is 28.2 Å². The van der Waals surface area contributed by atoms with Gasteiger partial charge in [-0.3, -0.25) is 14.5 Å². The summed E-state index contributed by atoms with van der Waals surface area (Å²) in [6.07, 6.45) is 1.58. The summed E-state index contributed by atoms with van der Waals surface area (Å²) in [7, 11) is 0. The number of rotatable bonds is 8. The minimum Gasteiger partial charge on any atom is -0.390 e. The molecule has 2 amide bonds. The van der Waals surface area contributed by atoms with E-state index in [4.69, 9.17) is 4.74 Å². The topological polar surface area (TPSA) is 110 Å². The molecule has 0 saturated carbocycles. The van der Waals surface area contributed by atoms with Gasteiger partial charge in [-0.05, 0) is 48.4 Å². The second-order valence-electron chi connectivity index (χ2n) is 11.0. The number of aliphatic hydroxyl groups is 1. The largest absolute Gasteiger partial charge is 0.390 e. The van der Waals surface area contributed by atoms with Crippen LogP contribution in [0, 0.1) is 18.6 Å². The maximum absolute atomic E-state index is 15.1. The van der Waals surface area contributed by atoms with E-state index >= 15 is 4.39 Å². The third-order valence-corrected chi connectivity index (χ3v) is 8.08. The van der Waals surface area contributed by atoms with Gasteiger partial charge in [-0.15, -0.1) is 0 Å². The summed E-state index contributed by atoms with van der Waals surface area (Å²) >= 11 is 0. The number of aliphatic hydroxyl groups excluding tert-OH is 1. The van der Waals surface area contributed by atoms with Crippen molar-refractivity contribution in [1.82, 2.24) is 14.8 Å². The van der Waals surface area contributed by atoms with E-state index in [1.54, 1.807) is 29.2 Å². The second kappa shape index (κ2) is 11.7. The Hall–Kier alpha value is -4.06. The molecule has 3 aliphatic rings. The van der Waals surface area contributed by atoms with Crippen molar-refractivity contribution in [2.24, 2.45) is 0 Å². The fraction of sp³-hybridized carbons (Fsp3) is 0.355. The van der Waals surface area contributed by atoms with Gasteiger partial charge < -0.3 is 30.4 Å². The molecular weight excluding hydrogens is 544 g/mol. The van der Waals surface area contributed by atoms with Crippen molar-refractivity contribution in [3.05, 3.63) is 81.7 Å². The Morgan fingerprint density at radius 2 is 1.86 bits per heavy atom. The van der Waals surface area contributed by atoms with E-state index in [0.29, 0.717) is 66.4 Å². The zero-order chi connectivity index (χ0) is 29.4. The van der Waals surface area contributed by atoms with Crippen molar-refractivity contribution in [1.29, 1.82) is 0 Å². The average Bonchev–Trinajstić information content (AvgIpc) is 3.45. The fourth-order valence-electron chi connectivity index (χ4n) is 5.81. The van der Waals surface area contributed by atoms with E-state index in [9.17, 15) is 19.1 Å². The number of ether oxygens (including phenoxy) is 1. The van der Waals surface area contributed by atoms with Crippen LogP contribution in [0.2, 0.25) is 0 Å². The molecule has 220 valence electrons. The first-order valence-electron chi connectivity index (χ1n) is 14.1. The van der Waals surface area contributed by atoms with Crippen molar-refractivity contribution in [2.45, 2.75) is 26.0 Å². The first kappa shape index (κ1) is 28.1. The standard InChI is InChI=1S/C31H33F2N5O4/c1-18-26(35-25-6-7-38(31(41)29(18)25)17-21(39)16-37-8-10-42-11-9-37)13-23-22-12-24(33)28(14-27(22)36-30(23)40)34-15-19-2-4-20(32)5-3-19/h2-5,12-14,21,34-35,39H,6-11,15-17H2,1H3,(H,36,40)/b23-13-/t21-/m0/s1. The maximum atomic E-state index is 15.1. The molecule has 0 unspecified atom stereocenters. The Morgan fingerprint density at radius 3 is 2.62 bits per heavy atom. The number of H-pyrrole nitrogens is 1. The van der Waals surface area contributed by atoms with Crippen LogP contribution in [0.15, 0.2) is 36.4 Å². The maximum Gasteiger partial charge on any atom is 0.256 e. The Balaban J connectivity index is 1.18.